The van der Waals surface area contributed by atoms with Crippen LogP contribution in [0.1, 0.15) is 37.5 Å². The van der Waals surface area contributed by atoms with Crippen LogP contribution in [-0.2, 0) is 27.2 Å². The van der Waals surface area contributed by atoms with Gasteiger partial charge < -0.3 is 24.6 Å². The predicted molar refractivity (Wildman–Crippen MR) is 188 cm³/mol. The zero-order valence-electron chi connectivity index (χ0n) is 27.5. The van der Waals surface area contributed by atoms with E-state index in [2.05, 4.69) is 10.6 Å². The maximum atomic E-state index is 13.0. The van der Waals surface area contributed by atoms with Crippen LogP contribution in [0.15, 0.2) is 91.0 Å². The SMILES string of the molecule is CN(C(=O)OC(C)(C)C)c1cc(Oc2ccc(Cc3ccccc3)c(O)c2)ccc1NC(=O)COc1ccc(CC2SC(=O)NC2=O)cc1. The van der Waals surface area contributed by atoms with Crippen molar-refractivity contribution in [3.05, 3.63) is 108 Å². The van der Waals surface area contributed by atoms with Gasteiger partial charge in [0.25, 0.3) is 11.1 Å². The summed E-state index contributed by atoms with van der Waals surface area (Å²) in [5.41, 5.74) is 2.51. The van der Waals surface area contributed by atoms with Gasteiger partial charge in [-0.2, -0.15) is 0 Å². The maximum Gasteiger partial charge on any atom is 0.414 e. The van der Waals surface area contributed by atoms with E-state index >= 15 is 0 Å². The molecule has 0 aliphatic carbocycles. The number of rotatable bonds is 11. The molecule has 1 aliphatic heterocycles. The summed E-state index contributed by atoms with van der Waals surface area (Å²) < 4.78 is 17.3. The molecule has 1 aliphatic rings. The fraction of sp³-hybridized carbons (Fsp3) is 0.243. The molecular weight excluding hydrogens is 646 g/mol. The number of imide groups is 1. The van der Waals surface area contributed by atoms with E-state index in [-0.39, 0.29) is 23.5 Å². The Labute approximate surface area is 288 Å². The van der Waals surface area contributed by atoms with Crippen molar-refractivity contribution in [2.45, 2.75) is 44.5 Å². The number of amides is 4. The number of thioether (sulfide) groups is 1. The Hall–Kier alpha value is -5.49. The molecule has 1 heterocycles. The summed E-state index contributed by atoms with van der Waals surface area (Å²) in [4.78, 5) is 50.6. The number of hydrogen-bond acceptors (Lipinski definition) is 9. The number of benzene rings is 4. The summed E-state index contributed by atoms with van der Waals surface area (Å²) in [6.45, 7) is 4.94. The molecule has 0 spiro atoms. The largest absolute Gasteiger partial charge is 0.508 e. The summed E-state index contributed by atoms with van der Waals surface area (Å²) in [5, 5.41) is 14.9. The Morgan fingerprint density at radius 3 is 2.22 bits per heavy atom. The third-order valence-electron chi connectivity index (χ3n) is 7.28. The third kappa shape index (κ3) is 9.77. The highest BCUT2D eigenvalue weighted by Gasteiger charge is 2.31. The highest BCUT2D eigenvalue weighted by Crippen LogP contribution is 2.35. The van der Waals surface area contributed by atoms with Crippen LogP contribution >= 0.6 is 11.8 Å². The van der Waals surface area contributed by atoms with Gasteiger partial charge in [-0.05, 0) is 74.2 Å². The van der Waals surface area contributed by atoms with Gasteiger partial charge in [0.15, 0.2) is 6.61 Å². The molecule has 12 heteroatoms. The summed E-state index contributed by atoms with van der Waals surface area (Å²) in [6, 6.07) is 26.6. The van der Waals surface area contributed by atoms with E-state index in [0.29, 0.717) is 41.5 Å². The molecule has 0 saturated carbocycles. The van der Waals surface area contributed by atoms with Gasteiger partial charge in [-0.25, -0.2) is 4.79 Å². The number of ether oxygens (including phenoxy) is 3. The number of carbonyl (C=O) groups is 4. The standard InChI is InChI=1S/C37H37N3O8S/c1-37(2,3)48-36(45)40(4)30-20-27(47-28-15-12-25(31(41)21-28)18-23-8-6-5-7-9-23)16-17-29(30)38-33(42)22-46-26-13-10-24(11-14-26)19-32-34(43)39-35(44)49-32/h5-17,20-21,32,41H,18-19,22H2,1-4H3,(H,38,42)(H,39,43,44). The van der Waals surface area contributed by atoms with Crippen molar-refractivity contribution in [3.63, 3.8) is 0 Å². The zero-order chi connectivity index (χ0) is 35.1. The smallest absolute Gasteiger partial charge is 0.414 e. The van der Waals surface area contributed by atoms with E-state index in [1.165, 1.54) is 18.0 Å². The topological polar surface area (TPSA) is 144 Å². The molecule has 4 aromatic rings. The first kappa shape index (κ1) is 34.8. The Balaban J connectivity index is 1.26. The molecule has 11 nitrogen and oxygen atoms in total. The average molecular weight is 684 g/mol. The summed E-state index contributed by atoms with van der Waals surface area (Å²) in [6.07, 6.45) is 0.305. The van der Waals surface area contributed by atoms with Gasteiger partial charge >= 0.3 is 6.09 Å². The normalized spacial score (nSPS) is 14.2. The van der Waals surface area contributed by atoms with E-state index in [0.717, 1.165) is 28.5 Å². The van der Waals surface area contributed by atoms with Gasteiger partial charge in [-0.15, -0.1) is 0 Å². The number of nitrogens with one attached hydrogen (secondary N) is 2. The number of aromatic hydroxyl groups is 1. The van der Waals surface area contributed by atoms with Gasteiger partial charge in [0.05, 0.1) is 16.6 Å². The Morgan fingerprint density at radius 1 is 0.898 bits per heavy atom. The van der Waals surface area contributed by atoms with Crippen LogP contribution in [0.5, 0.6) is 23.0 Å². The molecule has 4 amide bonds. The molecule has 1 fully saturated rings. The minimum absolute atomic E-state index is 0.0858. The van der Waals surface area contributed by atoms with E-state index in [1.807, 2.05) is 30.3 Å². The van der Waals surface area contributed by atoms with Crippen molar-refractivity contribution in [2.24, 2.45) is 0 Å². The quantitative estimate of drug-likeness (QED) is 0.151. The lowest BCUT2D eigenvalue weighted by Gasteiger charge is -2.26. The highest BCUT2D eigenvalue weighted by molar-refractivity contribution is 8.15. The number of hydrogen-bond donors (Lipinski definition) is 3. The molecule has 3 N–H and O–H groups in total. The lowest BCUT2D eigenvalue weighted by atomic mass is 10.0. The zero-order valence-corrected chi connectivity index (χ0v) is 28.3. The van der Waals surface area contributed by atoms with Crippen LogP contribution < -0.4 is 25.0 Å². The first-order valence-electron chi connectivity index (χ1n) is 15.5. The van der Waals surface area contributed by atoms with E-state index < -0.39 is 22.9 Å². The summed E-state index contributed by atoms with van der Waals surface area (Å²) >= 11 is 0.963. The molecule has 5 rings (SSSR count). The van der Waals surface area contributed by atoms with E-state index in [1.54, 1.807) is 75.4 Å². The second-order valence-corrected chi connectivity index (χ2v) is 13.5. The lowest BCUT2D eigenvalue weighted by Crippen LogP contribution is -2.34. The van der Waals surface area contributed by atoms with Crippen molar-refractivity contribution in [1.29, 1.82) is 0 Å². The number of nitrogens with zero attached hydrogens (tertiary/aromatic N) is 1. The molecule has 0 aromatic heterocycles. The minimum atomic E-state index is -0.759. The average Bonchev–Trinajstić information content (AvgIpc) is 3.37. The fourth-order valence-corrected chi connectivity index (χ4v) is 5.75. The Morgan fingerprint density at radius 2 is 1.57 bits per heavy atom. The van der Waals surface area contributed by atoms with Crippen LogP contribution in [0.4, 0.5) is 21.0 Å². The van der Waals surface area contributed by atoms with Gasteiger partial charge in [0.2, 0.25) is 5.91 Å². The van der Waals surface area contributed by atoms with Gasteiger partial charge in [-0.1, -0.05) is 60.3 Å². The molecule has 0 radical (unpaired) electrons. The molecule has 49 heavy (non-hydrogen) atoms. The molecular formula is C37H37N3O8S. The molecule has 1 saturated heterocycles. The second-order valence-electron chi connectivity index (χ2n) is 12.3. The van der Waals surface area contributed by atoms with Crippen LogP contribution in [-0.4, -0.2) is 52.8 Å². The predicted octanol–water partition coefficient (Wildman–Crippen LogP) is 7.06. The van der Waals surface area contributed by atoms with Crippen LogP contribution in [0.2, 0.25) is 0 Å². The molecule has 1 unspecified atom stereocenters. The van der Waals surface area contributed by atoms with Crippen molar-refractivity contribution >= 4 is 46.3 Å². The molecule has 0 bridgehead atoms. The Kier molecular flexibility index (Phi) is 10.8. The van der Waals surface area contributed by atoms with Gasteiger partial charge in [0.1, 0.15) is 28.6 Å². The van der Waals surface area contributed by atoms with Crippen molar-refractivity contribution < 1.29 is 38.5 Å². The van der Waals surface area contributed by atoms with Crippen LogP contribution in [0.3, 0.4) is 0 Å². The number of carbonyl (C=O) groups excluding carboxylic acids is 4. The first-order chi connectivity index (χ1) is 23.3. The minimum Gasteiger partial charge on any atom is -0.508 e. The maximum absolute atomic E-state index is 13.0. The molecule has 4 aromatic carbocycles. The highest BCUT2D eigenvalue weighted by atomic mass is 32.2. The third-order valence-corrected chi connectivity index (χ3v) is 8.26. The van der Waals surface area contributed by atoms with Crippen LogP contribution in [0, 0.1) is 0 Å². The number of phenols is 1. The monoisotopic (exact) mass is 683 g/mol. The summed E-state index contributed by atoms with van der Waals surface area (Å²) in [5.74, 6) is 0.473. The van der Waals surface area contributed by atoms with Crippen LogP contribution in [0.25, 0.3) is 0 Å². The van der Waals surface area contributed by atoms with Gasteiger partial charge in [-0.3, -0.25) is 24.6 Å². The van der Waals surface area contributed by atoms with Crippen molar-refractivity contribution in [3.8, 4) is 23.0 Å². The summed E-state index contributed by atoms with van der Waals surface area (Å²) in [7, 11) is 1.52. The first-order valence-corrected chi connectivity index (χ1v) is 16.4. The Bertz CT molecular complexity index is 1840. The second kappa shape index (κ2) is 15.2. The molecule has 254 valence electrons. The number of anilines is 2. The van der Waals surface area contributed by atoms with E-state index in [4.69, 9.17) is 14.2 Å². The number of phenolic OH excluding ortho intramolecular Hbond substituents is 1. The van der Waals surface area contributed by atoms with Gasteiger partial charge in [0, 0.05) is 25.6 Å². The van der Waals surface area contributed by atoms with Crippen molar-refractivity contribution in [2.75, 3.05) is 23.9 Å². The fourth-order valence-electron chi connectivity index (χ4n) is 4.89. The van der Waals surface area contributed by atoms with Crippen molar-refractivity contribution in [1.82, 2.24) is 5.32 Å². The van der Waals surface area contributed by atoms with E-state index in [9.17, 15) is 24.3 Å². The lowest BCUT2D eigenvalue weighted by molar-refractivity contribution is -0.119. The molecule has 1 atom stereocenters.